The molecule has 0 saturated carbocycles. The number of hydrogen-bond acceptors (Lipinski definition) is 5. The highest BCUT2D eigenvalue weighted by Crippen LogP contribution is 2.48. The fourth-order valence-corrected chi connectivity index (χ4v) is 5.06. The molecule has 2 amide bonds. The number of benzene rings is 4. The number of nitrogens with zero attached hydrogens (tertiary/aromatic N) is 2. The molecule has 6 nitrogen and oxygen atoms in total. The van der Waals surface area contributed by atoms with Crippen LogP contribution in [-0.2, 0) is 14.4 Å². The van der Waals surface area contributed by atoms with Crippen LogP contribution in [-0.4, -0.2) is 24.3 Å². The quantitative estimate of drug-likeness (QED) is 0.330. The second-order valence-corrected chi connectivity index (χ2v) is 8.78. The molecule has 6 rings (SSSR count). The number of ether oxygens (including phenoxy) is 1. The molecule has 2 fully saturated rings. The second kappa shape index (κ2) is 8.63. The Balaban J connectivity index is 1.42. The number of hydroxylamine groups is 1. The Morgan fingerprint density at radius 3 is 2.16 bits per heavy atom. The zero-order valence-corrected chi connectivity index (χ0v) is 19.1. The number of fused-ring (bicyclic) bond motifs is 2. The standard InChI is InChI=1S/C28H19F3N2O4/c29-28(30,31)36-20-15-13-18(14-16-20)24-23-25(37-33(24)19-9-2-1-3-10-19)27(35)32(26(23)34)22-12-6-8-17-7-4-5-11-21(17)22/h1-16,23-25H/t23-,24+,25+/m0/s1. The van der Waals surface area contributed by atoms with Crippen molar-refractivity contribution in [3.05, 3.63) is 103 Å². The van der Waals surface area contributed by atoms with Gasteiger partial charge >= 0.3 is 6.36 Å². The van der Waals surface area contributed by atoms with Crippen LogP contribution in [0.4, 0.5) is 24.5 Å². The summed E-state index contributed by atoms with van der Waals surface area (Å²) in [6.07, 6.45) is -5.92. The molecule has 0 aliphatic carbocycles. The Labute approximate surface area is 209 Å². The maximum Gasteiger partial charge on any atom is 0.573 e. The lowest BCUT2D eigenvalue weighted by Crippen LogP contribution is -2.37. The maximum absolute atomic E-state index is 13.9. The van der Waals surface area contributed by atoms with Crippen LogP contribution in [0.2, 0.25) is 0 Å². The number of imide groups is 1. The minimum atomic E-state index is -4.83. The smallest absolute Gasteiger partial charge is 0.406 e. The molecule has 9 heteroatoms. The predicted octanol–water partition coefficient (Wildman–Crippen LogP) is 5.79. The molecule has 0 N–H and O–H groups in total. The summed E-state index contributed by atoms with van der Waals surface area (Å²) in [5, 5.41) is 3.11. The maximum atomic E-state index is 13.9. The average Bonchev–Trinajstić information content (AvgIpc) is 3.40. The minimum Gasteiger partial charge on any atom is -0.406 e. The van der Waals surface area contributed by atoms with E-state index in [2.05, 4.69) is 4.74 Å². The summed E-state index contributed by atoms with van der Waals surface area (Å²) in [7, 11) is 0. The number of anilines is 2. The minimum absolute atomic E-state index is 0.385. The summed E-state index contributed by atoms with van der Waals surface area (Å²) >= 11 is 0. The average molecular weight is 504 g/mol. The molecule has 0 bridgehead atoms. The van der Waals surface area contributed by atoms with E-state index in [4.69, 9.17) is 4.84 Å². The van der Waals surface area contributed by atoms with E-state index in [1.165, 1.54) is 29.3 Å². The number of amides is 2. The number of carbonyl (C=O) groups excluding carboxylic acids is 2. The zero-order valence-electron chi connectivity index (χ0n) is 19.1. The van der Waals surface area contributed by atoms with E-state index in [0.29, 0.717) is 16.9 Å². The van der Waals surface area contributed by atoms with Gasteiger partial charge in [-0.25, -0.2) is 9.96 Å². The van der Waals surface area contributed by atoms with Gasteiger partial charge in [0, 0.05) is 5.39 Å². The van der Waals surface area contributed by atoms with Crippen molar-refractivity contribution in [2.24, 2.45) is 5.92 Å². The second-order valence-electron chi connectivity index (χ2n) is 8.78. The van der Waals surface area contributed by atoms with Gasteiger partial charge in [-0.15, -0.1) is 13.2 Å². The fraction of sp³-hybridized carbons (Fsp3) is 0.143. The molecule has 4 aromatic carbocycles. The lowest BCUT2D eigenvalue weighted by Gasteiger charge is -2.29. The molecule has 3 atom stereocenters. The molecule has 4 aromatic rings. The first-order valence-corrected chi connectivity index (χ1v) is 11.5. The number of rotatable bonds is 4. The molecule has 0 radical (unpaired) electrons. The largest absolute Gasteiger partial charge is 0.573 e. The molecular weight excluding hydrogens is 485 g/mol. The summed E-state index contributed by atoms with van der Waals surface area (Å²) in [6, 6.07) is 26.3. The monoisotopic (exact) mass is 504 g/mol. The van der Waals surface area contributed by atoms with E-state index in [-0.39, 0.29) is 5.75 Å². The van der Waals surface area contributed by atoms with Crippen molar-refractivity contribution in [3.63, 3.8) is 0 Å². The first-order valence-electron chi connectivity index (χ1n) is 11.5. The molecule has 2 aliphatic rings. The van der Waals surface area contributed by atoms with Gasteiger partial charge in [-0.3, -0.25) is 14.4 Å². The van der Waals surface area contributed by atoms with Crippen molar-refractivity contribution in [2.45, 2.75) is 18.5 Å². The van der Waals surface area contributed by atoms with Gasteiger partial charge in [0.15, 0.2) is 6.10 Å². The Hall–Kier alpha value is -4.37. The molecule has 0 aromatic heterocycles. The van der Waals surface area contributed by atoms with Crippen LogP contribution in [0, 0.1) is 5.92 Å². The molecular formula is C28H19F3N2O4. The Morgan fingerprint density at radius 1 is 0.757 bits per heavy atom. The van der Waals surface area contributed by atoms with Crippen molar-refractivity contribution < 1.29 is 32.3 Å². The van der Waals surface area contributed by atoms with Crippen LogP contribution >= 0.6 is 0 Å². The number of hydrogen-bond donors (Lipinski definition) is 0. The first kappa shape index (κ1) is 23.1. The lowest BCUT2D eigenvalue weighted by atomic mass is 9.90. The van der Waals surface area contributed by atoms with E-state index in [1.54, 1.807) is 36.4 Å². The van der Waals surface area contributed by atoms with Crippen LogP contribution in [0.1, 0.15) is 11.6 Å². The van der Waals surface area contributed by atoms with Crippen molar-refractivity contribution in [1.82, 2.24) is 0 Å². The van der Waals surface area contributed by atoms with E-state index in [0.717, 1.165) is 15.7 Å². The Kier molecular flexibility index (Phi) is 5.38. The van der Waals surface area contributed by atoms with Crippen LogP contribution < -0.4 is 14.7 Å². The van der Waals surface area contributed by atoms with Crippen LogP contribution in [0.3, 0.4) is 0 Å². The number of halogens is 3. The van der Waals surface area contributed by atoms with Gasteiger partial charge in [0.2, 0.25) is 5.91 Å². The third-order valence-electron chi connectivity index (χ3n) is 6.59. The van der Waals surface area contributed by atoms with E-state index >= 15 is 0 Å². The van der Waals surface area contributed by atoms with Gasteiger partial charge in [-0.05, 0) is 41.3 Å². The normalized spacial score (nSPS) is 21.5. The van der Waals surface area contributed by atoms with Gasteiger partial charge in [-0.1, -0.05) is 66.7 Å². The lowest BCUT2D eigenvalue weighted by molar-refractivity contribution is -0.274. The van der Waals surface area contributed by atoms with Crippen LogP contribution in [0.5, 0.6) is 5.75 Å². The summed E-state index contributed by atoms with van der Waals surface area (Å²) in [5.74, 6) is -2.23. The first-order chi connectivity index (χ1) is 17.8. The molecule has 0 unspecified atom stereocenters. The molecule has 2 aliphatic heterocycles. The van der Waals surface area contributed by atoms with Gasteiger partial charge in [0.05, 0.1) is 17.4 Å². The summed E-state index contributed by atoms with van der Waals surface area (Å²) < 4.78 is 42.0. The highest BCUT2D eigenvalue weighted by molar-refractivity contribution is 6.26. The van der Waals surface area contributed by atoms with E-state index < -0.39 is 36.2 Å². The molecule has 0 spiro atoms. The Morgan fingerprint density at radius 2 is 1.43 bits per heavy atom. The van der Waals surface area contributed by atoms with Gasteiger partial charge in [-0.2, -0.15) is 0 Å². The third kappa shape index (κ3) is 3.97. The third-order valence-corrected chi connectivity index (χ3v) is 6.59. The van der Waals surface area contributed by atoms with Crippen LogP contribution in [0.25, 0.3) is 10.8 Å². The molecule has 2 saturated heterocycles. The molecule has 37 heavy (non-hydrogen) atoms. The zero-order chi connectivity index (χ0) is 25.7. The van der Waals surface area contributed by atoms with Gasteiger partial charge in [0.1, 0.15) is 11.7 Å². The highest BCUT2D eigenvalue weighted by Gasteiger charge is 2.60. The van der Waals surface area contributed by atoms with Crippen LogP contribution in [0.15, 0.2) is 97.1 Å². The highest BCUT2D eigenvalue weighted by atomic mass is 19.4. The Bertz CT molecular complexity index is 1490. The van der Waals surface area contributed by atoms with Crippen molar-refractivity contribution >= 4 is 34.0 Å². The number of carbonyl (C=O) groups is 2. The van der Waals surface area contributed by atoms with E-state index in [9.17, 15) is 22.8 Å². The predicted molar refractivity (Wildman–Crippen MR) is 130 cm³/mol. The summed E-state index contributed by atoms with van der Waals surface area (Å²) in [4.78, 5) is 34.8. The summed E-state index contributed by atoms with van der Waals surface area (Å²) in [6.45, 7) is 0. The van der Waals surface area contributed by atoms with Gasteiger partial charge < -0.3 is 4.74 Å². The fourth-order valence-electron chi connectivity index (χ4n) is 5.06. The van der Waals surface area contributed by atoms with Crippen molar-refractivity contribution in [3.8, 4) is 5.75 Å². The number of alkyl halides is 3. The van der Waals surface area contributed by atoms with E-state index in [1.807, 2.05) is 36.4 Å². The van der Waals surface area contributed by atoms with Gasteiger partial charge in [0.25, 0.3) is 5.91 Å². The van der Waals surface area contributed by atoms with Crippen molar-refractivity contribution in [2.75, 3.05) is 9.96 Å². The van der Waals surface area contributed by atoms with Crippen molar-refractivity contribution in [1.29, 1.82) is 0 Å². The summed E-state index contributed by atoms with van der Waals surface area (Å²) in [5.41, 5.74) is 1.58. The topological polar surface area (TPSA) is 59.1 Å². The molecule has 2 heterocycles. The molecule has 186 valence electrons. The SMILES string of the molecule is O=C1[C@H]2[C@@H](c3ccc(OC(F)(F)F)cc3)N(c3ccccc3)O[C@H]2C(=O)N1c1cccc2ccccc12. The number of para-hydroxylation sites is 1.